The van der Waals surface area contributed by atoms with Gasteiger partial charge in [-0.2, -0.15) is 9.78 Å². The van der Waals surface area contributed by atoms with Crippen molar-refractivity contribution in [2.24, 2.45) is 5.73 Å². The van der Waals surface area contributed by atoms with Crippen LogP contribution in [0.3, 0.4) is 0 Å². The van der Waals surface area contributed by atoms with E-state index in [1.807, 2.05) is 0 Å². The van der Waals surface area contributed by atoms with E-state index in [9.17, 15) is 19.8 Å². The number of Topliss-reactive ketones (excluding diaryl/α,β-unsaturated/α-hetero) is 2. The lowest BCUT2D eigenvalue weighted by Crippen LogP contribution is -2.52. The SMILES string of the molecule is N[C@@H](C(=O)C(O)C1OO1)C(=O)[C@H](O)[C@H](O)CO. The number of hydrogen-bond acceptors (Lipinski definition) is 9. The largest absolute Gasteiger partial charge is 0.394 e. The van der Waals surface area contributed by atoms with Crippen LogP contribution in [0.25, 0.3) is 0 Å². The first-order chi connectivity index (χ1) is 7.90. The highest BCUT2D eigenvalue weighted by Gasteiger charge is 2.44. The molecule has 4 atom stereocenters. The summed E-state index contributed by atoms with van der Waals surface area (Å²) in [6, 6.07) is -1.84. The van der Waals surface area contributed by atoms with Crippen molar-refractivity contribution in [3.63, 3.8) is 0 Å². The van der Waals surface area contributed by atoms with Crippen molar-refractivity contribution in [3.05, 3.63) is 0 Å². The fourth-order valence-electron chi connectivity index (χ4n) is 1.07. The van der Waals surface area contributed by atoms with E-state index >= 15 is 0 Å². The Bertz CT molecular complexity index is 304. The number of carbonyl (C=O) groups is 2. The second-order valence-corrected chi connectivity index (χ2v) is 3.48. The fraction of sp³-hybridized carbons (Fsp3) is 0.750. The number of aliphatic hydroxyl groups is 4. The van der Waals surface area contributed by atoms with Crippen LogP contribution in [0, 0.1) is 0 Å². The summed E-state index contributed by atoms with van der Waals surface area (Å²) in [5, 5.41) is 35.9. The van der Waals surface area contributed by atoms with E-state index in [1.54, 1.807) is 0 Å². The minimum absolute atomic E-state index is 0.870. The third kappa shape index (κ3) is 3.26. The standard InChI is InChI=1S/C8H13NO8/c9-3(5(13)4(12)2(11)1-10)6(14)7(15)8-16-17-8/h2-4,7-8,10-12,15H,1,9H2/t2-,3-,4-,7?/m1/s1. The summed E-state index contributed by atoms with van der Waals surface area (Å²) in [5.74, 6) is -2.32. The van der Waals surface area contributed by atoms with E-state index in [0.717, 1.165) is 0 Å². The third-order valence-electron chi connectivity index (χ3n) is 2.21. The van der Waals surface area contributed by atoms with E-state index in [0.29, 0.717) is 0 Å². The monoisotopic (exact) mass is 251 g/mol. The van der Waals surface area contributed by atoms with Gasteiger partial charge in [-0.25, -0.2) is 0 Å². The Morgan fingerprint density at radius 2 is 1.71 bits per heavy atom. The molecule has 17 heavy (non-hydrogen) atoms. The van der Waals surface area contributed by atoms with Gasteiger partial charge >= 0.3 is 0 Å². The minimum atomic E-state index is -2.01. The van der Waals surface area contributed by atoms with E-state index < -0.39 is 48.8 Å². The zero-order chi connectivity index (χ0) is 13.2. The highest BCUT2D eigenvalue weighted by atomic mass is 17.4. The molecule has 9 nitrogen and oxygen atoms in total. The average Bonchev–Trinajstić information content (AvgIpc) is 3.17. The smallest absolute Gasteiger partial charge is 0.257 e. The molecule has 0 aliphatic carbocycles. The van der Waals surface area contributed by atoms with Gasteiger partial charge in [-0.1, -0.05) is 0 Å². The number of ketones is 2. The van der Waals surface area contributed by atoms with Crippen molar-refractivity contribution < 1.29 is 39.8 Å². The molecule has 0 spiro atoms. The molecule has 1 unspecified atom stereocenters. The molecule has 98 valence electrons. The highest BCUT2D eigenvalue weighted by molar-refractivity contribution is 6.09. The third-order valence-corrected chi connectivity index (χ3v) is 2.21. The van der Waals surface area contributed by atoms with Crippen molar-refractivity contribution in [1.82, 2.24) is 0 Å². The molecule has 1 aliphatic rings. The number of hydrogen-bond donors (Lipinski definition) is 5. The molecular weight excluding hydrogens is 238 g/mol. The Hall–Kier alpha value is -0.940. The van der Waals surface area contributed by atoms with E-state index in [-0.39, 0.29) is 0 Å². The van der Waals surface area contributed by atoms with Crippen molar-refractivity contribution in [2.75, 3.05) is 6.61 Å². The fourth-order valence-corrected chi connectivity index (χ4v) is 1.07. The van der Waals surface area contributed by atoms with Gasteiger partial charge in [-0.3, -0.25) is 9.59 Å². The Morgan fingerprint density at radius 1 is 1.18 bits per heavy atom. The molecule has 0 aromatic carbocycles. The first-order valence-corrected chi connectivity index (χ1v) is 4.70. The quantitative estimate of drug-likeness (QED) is 0.171. The summed E-state index contributed by atoms with van der Waals surface area (Å²) in [4.78, 5) is 31.1. The van der Waals surface area contributed by atoms with E-state index in [2.05, 4.69) is 9.78 Å². The predicted molar refractivity (Wildman–Crippen MR) is 49.1 cm³/mol. The van der Waals surface area contributed by atoms with Crippen LogP contribution in [0.4, 0.5) is 0 Å². The molecule has 6 N–H and O–H groups in total. The number of rotatable bonds is 7. The van der Waals surface area contributed by atoms with E-state index in [1.165, 1.54) is 0 Å². The van der Waals surface area contributed by atoms with Crippen molar-refractivity contribution >= 4 is 11.6 Å². The van der Waals surface area contributed by atoms with Crippen LogP contribution in [0.2, 0.25) is 0 Å². The summed E-state index contributed by atoms with van der Waals surface area (Å²) < 4.78 is 0. The maximum Gasteiger partial charge on any atom is 0.257 e. The van der Waals surface area contributed by atoms with Gasteiger partial charge < -0.3 is 26.2 Å². The van der Waals surface area contributed by atoms with Crippen LogP contribution < -0.4 is 5.73 Å². The molecule has 0 radical (unpaired) electrons. The van der Waals surface area contributed by atoms with Gasteiger partial charge in [0.1, 0.15) is 18.2 Å². The molecule has 1 rings (SSSR count). The molecule has 9 heteroatoms. The first kappa shape index (κ1) is 14.1. The van der Waals surface area contributed by atoms with Crippen molar-refractivity contribution in [2.45, 2.75) is 30.6 Å². The average molecular weight is 251 g/mol. The van der Waals surface area contributed by atoms with E-state index in [4.69, 9.17) is 15.9 Å². The summed E-state index contributed by atoms with van der Waals surface area (Å²) in [7, 11) is 0. The molecule has 0 aromatic heterocycles. The summed E-state index contributed by atoms with van der Waals surface area (Å²) in [6.45, 7) is -0.870. The van der Waals surface area contributed by atoms with Gasteiger partial charge in [-0.15, -0.1) is 0 Å². The lowest BCUT2D eigenvalue weighted by molar-refractivity contribution is -0.143. The van der Waals surface area contributed by atoms with Crippen LogP contribution in [0.15, 0.2) is 0 Å². The predicted octanol–water partition coefficient (Wildman–Crippen LogP) is -4.19. The van der Waals surface area contributed by atoms with Gasteiger partial charge in [0.05, 0.1) is 6.61 Å². The molecule has 0 amide bonds. The molecule has 1 aliphatic heterocycles. The van der Waals surface area contributed by atoms with Gasteiger partial charge in [0.2, 0.25) is 0 Å². The van der Waals surface area contributed by atoms with Crippen molar-refractivity contribution in [3.8, 4) is 0 Å². The zero-order valence-electron chi connectivity index (χ0n) is 8.59. The summed E-state index contributed by atoms with van der Waals surface area (Å²) in [5.41, 5.74) is 5.20. The normalized spacial score (nSPS) is 22.6. The minimum Gasteiger partial charge on any atom is -0.394 e. The van der Waals surface area contributed by atoms with Gasteiger partial charge in [0.15, 0.2) is 17.7 Å². The summed E-state index contributed by atoms with van der Waals surface area (Å²) in [6.07, 6.45) is -6.66. The lowest BCUT2D eigenvalue weighted by atomic mass is 9.98. The van der Waals surface area contributed by atoms with Crippen LogP contribution in [-0.2, 0) is 19.4 Å². The number of aliphatic hydroxyl groups excluding tert-OH is 4. The molecule has 0 saturated carbocycles. The Balaban J connectivity index is 2.58. The second-order valence-electron chi connectivity index (χ2n) is 3.48. The summed E-state index contributed by atoms with van der Waals surface area (Å²) >= 11 is 0. The maximum absolute atomic E-state index is 11.4. The molecule has 1 fully saturated rings. The highest BCUT2D eigenvalue weighted by Crippen LogP contribution is 2.18. The van der Waals surface area contributed by atoms with Gasteiger partial charge in [-0.05, 0) is 0 Å². The number of nitrogens with two attached hydrogens (primary N) is 1. The van der Waals surface area contributed by atoms with Crippen LogP contribution >= 0.6 is 0 Å². The molecular formula is C8H13NO8. The van der Waals surface area contributed by atoms with Gasteiger partial charge in [0, 0.05) is 0 Å². The maximum atomic E-state index is 11.4. The van der Waals surface area contributed by atoms with Crippen LogP contribution in [-0.4, -0.2) is 69.2 Å². The Labute approximate surface area is 95.3 Å². The van der Waals surface area contributed by atoms with Gasteiger partial charge in [0.25, 0.3) is 6.29 Å². The Morgan fingerprint density at radius 3 is 2.12 bits per heavy atom. The molecule has 1 saturated heterocycles. The Kier molecular flexibility index (Phi) is 4.65. The zero-order valence-corrected chi connectivity index (χ0v) is 8.59. The van der Waals surface area contributed by atoms with Crippen molar-refractivity contribution in [1.29, 1.82) is 0 Å². The number of carbonyl (C=O) groups excluding carboxylic acids is 2. The second kappa shape index (κ2) is 5.60. The van der Waals surface area contributed by atoms with Crippen LogP contribution in [0.1, 0.15) is 0 Å². The molecule has 0 aromatic rings. The molecule has 0 bridgehead atoms. The lowest BCUT2D eigenvalue weighted by Gasteiger charge is -2.18. The first-order valence-electron chi connectivity index (χ1n) is 4.70. The van der Waals surface area contributed by atoms with Crippen LogP contribution in [0.5, 0.6) is 0 Å². The topological polar surface area (TPSA) is 166 Å². The molecule has 1 heterocycles.